The molecule has 0 aliphatic carbocycles. The molecule has 2 heteroatoms. The molecule has 0 saturated carbocycles. The first-order valence-corrected chi connectivity index (χ1v) is 13.0. The molecule has 0 radical (unpaired) electrons. The summed E-state index contributed by atoms with van der Waals surface area (Å²) in [5.41, 5.74) is 9.23. The Hall–Kier alpha value is -5.08. The number of aromatic nitrogens is 2. The van der Waals surface area contributed by atoms with E-state index in [-0.39, 0.29) is 0 Å². The molecule has 0 aliphatic heterocycles. The largest absolute Gasteiger partial charge is 0.307 e. The summed E-state index contributed by atoms with van der Waals surface area (Å²) in [6, 6.07) is 49.6. The fourth-order valence-corrected chi connectivity index (χ4v) is 6.01. The highest BCUT2D eigenvalue weighted by molar-refractivity contribution is 6.23. The number of para-hydroxylation sites is 3. The second kappa shape index (κ2) is 8.22. The van der Waals surface area contributed by atoms with Crippen LogP contribution in [0, 0.1) is 0 Å². The van der Waals surface area contributed by atoms with Crippen molar-refractivity contribution in [3.63, 3.8) is 0 Å². The van der Waals surface area contributed by atoms with Gasteiger partial charge in [0.25, 0.3) is 0 Å². The number of hydrogen-bond donors (Lipinski definition) is 0. The lowest BCUT2D eigenvalue weighted by molar-refractivity contribution is 1.15. The van der Waals surface area contributed by atoms with E-state index in [0.29, 0.717) is 6.04 Å². The average Bonchev–Trinajstić information content (AvgIpc) is 3.51. The van der Waals surface area contributed by atoms with Gasteiger partial charge >= 0.3 is 0 Å². The van der Waals surface area contributed by atoms with Gasteiger partial charge in [-0.1, -0.05) is 109 Å². The number of benzene rings is 6. The van der Waals surface area contributed by atoms with Gasteiger partial charge in [-0.25, -0.2) is 0 Å². The van der Waals surface area contributed by atoms with Crippen LogP contribution in [-0.4, -0.2) is 9.13 Å². The van der Waals surface area contributed by atoms with Crippen LogP contribution in [0.2, 0.25) is 0 Å². The Morgan fingerprint density at radius 1 is 0.395 bits per heavy atom. The molecule has 0 amide bonds. The minimum absolute atomic E-state index is 0.519. The van der Waals surface area contributed by atoms with Gasteiger partial charge in [0.15, 0.2) is 0 Å². The molecule has 6 aromatic carbocycles. The van der Waals surface area contributed by atoms with E-state index in [2.05, 4.69) is 137 Å². The van der Waals surface area contributed by atoms with Crippen LogP contribution in [0.1, 0.15) is 1.37 Å². The smallest absolute Gasteiger partial charge is 0.0788 e. The third kappa shape index (κ3) is 3.01. The van der Waals surface area contributed by atoms with Gasteiger partial charge in [0.05, 0.1) is 23.4 Å². The summed E-state index contributed by atoms with van der Waals surface area (Å²) in [6.45, 7) is 0. The fraction of sp³-hybridized carbons (Fsp3) is 0. The van der Waals surface area contributed by atoms with Crippen LogP contribution in [0.3, 0.4) is 0 Å². The maximum absolute atomic E-state index is 8.38. The zero-order valence-electron chi connectivity index (χ0n) is 21.7. The average molecular weight is 486 g/mol. The van der Waals surface area contributed by atoms with Gasteiger partial charge in [0, 0.05) is 32.9 Å². The molecule has 0 aliphatic rings. The summed E-state index contributed by atoms with van der Waals surface area (Å²) in [7, 11) is 0. The monoisotopic (exact) mass is 485 g/mol. The van der Waals surface area contributed by atoms with Gasteiger partial charge in [-0.2, -0.15) is 0 Å². The third-order valence-electron chi connectivity index (χ3n) is 7.63. The van der Waals surface area contributed by atoms with E-state index in [1.54, 1.807) is 0 Å². The molecular formula is C36H24N2. The predicted octanol–water partition coefficient (Wildman–Crippen LogP) is 9.55. The van der Waals surface area contributed by atoms with Crippen molar-refractivity contribution in [1.82, 2.24) is 9.13 Å². The molecule has 2 heterocycles. The lowest BCUT2D eigenvalue weighted by Gasteiger charge is -2.13. The fourth-order valence-electron chi connectivity index (χ4n) is 6.01. The van der Waals surface area contributed by atoms with E-state index in [9.17, 15) is 0 Å². The first kappa shape index (κ1) is 20.0. The molecule has 0 bridgehead atoms. The van der Waals surface area contributed by atoms with Crippen LogP contribution < -0.4 is 0 Å². The van der Waals surface area contributed by atoms with Crippen molar-refractivity contribution in [2.24, 2.45) is 0 Å². The number of nitrogens with zero attached hydrogens (tertiary/aromatic N) is 2. The third-order valence-corrected chi connectivity index (χ3v) is 7.63. The topological polar surface area (TPSA) is 9.86 Å². The van der Waals surface area contributed by atoms with Crippen molar-refractivity contribution < 1.29 is 1.37 Å². The molecule has 8 rings (SSSR count). The van der Waals surface area contributed by atoms with Gasteiger partial charge in [-0.15, -0.1) is 0 Å². The Bertz CT molecular complexity index is 2170. The van der Waals surface area contributed by atoms with Crippen molar-refractivity contribution in [2.75, 3.05) is 0 Å². The van der Waals surface area contributed by atoms with E-state index in [1.165, 1.54) is 32.9 Å². The Balaban J connectivity index is 1.58. The van der Waals surface area contributed by atoms with Crippen molar-refractivity contribution in [2.45, 2.75) is 0 Å². The summed E-state index contributed by atoms with van der Waals surface area (Å²) < 4.78 is 13.2. The number of hydrogen-bond acceptors (Lipinski definition) is 0. The van der Waals surface area contributed by atoms with Gasteiger partial charge in [0.2, 0.25) is 0 Å². The predicted molar refractivity (Wildman–Crippen MR) is 161 cm³/mol. The first-order chi connectivity index (χ1) is 19.3. The standard InChI is InChI=1S/C36H24N2/c1-3-12-25(13-4-1)26-14-11-17-28(24-26)38-34-21-10-8-19-30(34)32-23-22-31-29-18-7-9-20-33(29)37(35(31)36(32)38)27-15-5-2-6-16-27/h1-24H/i7D. The van der Waals surface area contributed by atoms with Crippen LogP contribution >= 0.6 is 0 Å². The molecule has 0 unspecified atom stereocenters. The Morgan fingerprint density at radius 3 is 1.71 bits per heavy atom. The molecule has 38 heavy (non-hydrogen) atoms. The van der Waals surface area contributed by atoms with Crippen molar-refractivity contribution in [1.29, 1.82) is 0 Å². The van der Waals surface area contributed by atoms with Gasteiger partial charge in [-0.05, 0) is 47.5 Å². The molecule has 0 spiro atoms. The van der Waals surface area contributed by atoms with Crippen LogP contribution in [0.25, 0.3) is 66.1 Å². The molecule has 8 aromatic rings. The van der Waals surface area contributed by atoms with Crippen LogP contribution in [-0.2, 0) is 0 Å². The number of rotatable bonds is 3. The minimum Gasteiger partial charge on any atom is -0.307 e. The van der Waals surface area contributed by atoms with E-state index < -0.39 is 0 Å². The van der Waals surface area contributed by atoms with Crippen LogP contribution in [0.5, 0.6) is 0 Å². The normalized spacial score (nSPS) is 12.1. The zero-order chi connectivity index (χ0) is 25.9. The molecule has 0 fully saturated rings. The van der Waals surface area contributed by atoms with Crippen LogP contribution in [0.15, 0.2) is 146 Å². The van der Waals surface area contributed by atoms with Crippen molar-refractivity contribution in [3.05, 3.63) is 146 Å². The molecule has 178 valence electrons. The second-order valence-corrected chi connectivity index (χ2v) is 9.74. The maximum Gasteiger partial charge on any atom is 0.0788 e. The highest BCUT2D eigenvalue weighted by atomic mass is 15.0. The quantitative estimate of drug-likeness (QED) is 0.236. The summed E-state index contributed by atoms with van der Waals surface area (Å²) in [5, 5.41) is 4.69. The maximum atomic E-state index is 8.38. The molecule has 0 saturated heterocycles. The lowest BCUT2D eigenvalue weighted by Crippen LogP contribution is -1.98. The van der Waals surface area contributed by atoms with Crippen molar-refractivity contribution in [3.8, 4) is 22.5 Å². The van der Waals surface area contributed by atoms with Crippen LogP contribution in [0.4, 0.5) is 0 Å². The first-order valence-electron chi connectivity index (χ1n) is 13.5. The summed E-state index contributed by atoms with van der Waals surface area (Å²) in [5.74, 6) is 0. The highest BCUT2D eigenvalue weighted by Gasteiger charge is 2.20. The molecule has 2 aromatic heterocycles. The zero-order valence-corrected chi connectivity index (χ0v) is 20.7. The Kier molecular flexibility index (Phi) is 4.33. The summed E-state index contributed by atoms with van der Waals surface area (Å²) in [4.78, 5) is 0. The molecule has 2 nitrogen and oxygen atoms in total. The molecule has 0 atom stereocenters. The van der Waals surface area contributed by atoms with E-state index in [0.717, 1.165) is 33.2 Å². The van der Waals surface area contributed by atoms with E-state index >= 15 is 0 Å². The minimum atomic E-state index is 0.519. The Morgan fingerprint density at radius 2 is 0.947 bits per heavy atom. The Labute approximate surface area is 222 Å². The second-order valence-electron chi connectivity index (χ2n) is 9.74. The van der Waals surface area contributed by atoms with E-state index in [4.69, 9.17) is 1.37 Å². The summed E-state index contributed by atoms with van der Waals surface area (Å²) in [6.07, 6.45) is 0. The number of fused-ring (bicyclic) bond motifs is 7. The van der Waals surface area contributed by atoms with E-state index in [1.807, 2.05) is 12.1 Å². The van der Waals surface area contributed by atoms with Gasteiger partial charge in [0.1, 0.15) is 0 Å². The highest BCUT2D eigenvalue weighted by Crippen LogP contribution is 2.41. The van der Waals surface area contributed by atoms with Crippen molar-refractivity contribution >= 4 is 43.6 Å². The summed E-state index contributed by atoms with van der Waals surface area (Å²) >= 11 is 0. The van der Waals surface area contributed by atoms with Gasteiger partial charge < -0.3 is 9.13 Å². The molecular weight excluding hydrogens is 460 g/mol. The molecule has 0 N–H and O–H groups in total. The van der Waals surface area contributed by atoms with Gasteiger partial charge in [-0.3, -0.25) is 0 Å². The SMILES string of the molecule is [2H]c1ccc2c(c1)c1ccc3c4ccccc4n(-c4cccc(-c5ccccc5)c4)c3c1n2-c1ccccc1. The lowest BCUT2D eigenvalue weighted by atomic mass is 10.1.